The number of aryl methyl sites for hydroxylation is 1. The average molecular weight is 319 g/mol. The minimum atomic E-state index is -0.108. The van der Waals surface area contributed by atoms with E-state index in [9.17, 15) is 4.79 Å². The monoisotopic (exact) mass is 318 g/mol. The van der Waals surface area contributed by atoms with Gasteiger partial charge in [-0.15, -0.1) is 0 Å². The van der Waals surface area contributed by atoms with E-state index in [1.807, 2.05) is 44.2 Å². The molecule has 0 aliphatic carbocycles. The molecule has 1 heterocycles. The first-order chi connectivity index (χ1) is 9.06. The number of aromatic nitrogens is 1. The zero-order chi connectivity index (χ0) is 13.8. The van der Waals surface area contributed by atoms with E-state index in [0.29, 0.717) is 5.56 Å². The number of nitrogens with one attached hydrogen (secondary N) is 1. The van der Waals surface area contributed by atoms with Crippen LogP contribution >= 0.6 is 15.9 Å². The molecule has 0 bridgehead atoms. The van der Waals surface area contributed by atoms with Crippen molar-refractivity contribution < 1.29 is 4.79 Å². The normalized spacial score (nSPS) is 11.9. The van der Waals surface area contributed by atoms with Crippen molar-refractivity contribution in [2.75, 3.05) is 0 Å². The Labute approximate surface area is 121 Å². The highest BCUT2D eigenvalue weighted by molar-refractivity contribution is 9.10. The van der Waals surface area contributed by atoms with Gasteiger partial charge in [0.25, 0.3) is 5.91 Å². The lowest BCUT2D eigenvalue weighted by atomic mass is 10.1. The van der Waals surface area contributed by atoms with E-state index in [4.69, 9.17) is 0 Å². The molecule has 1 unspecified atom stereocenters. The Morgan fingerprint density at radius 1 is 1.21 bits per heavy atom. The third-order valence-electron chi connectivity index (χ3n) is 2.89. The molecule has 1 aromatic heterocycles. The fourth-order valence-electron chi connectivity index (χ4n) is 1.72. The number of carbonyl (C=O) groups is 1. The minimum absolute atomic E-state index is 0.0399. The first-order valence-corrected chi connectivity index (χ1v) is 6.84. The quantitative estimate of drug-likeness (QED) is 0.938. The van der Waals surface area contributed by atoms with Crippen molar-refractivity contribution in [2.45, 2.75) is 19.9 Å². The molecule has 4 heteroatoms. The molecule has 0 aliphatic heterocycles. The summed E-state index contributed by atoms with van der Waals surface area (Å²) in [6.07, 6.45) is 1.60. The molecule has 0 spiro atoms. The van der Waals surface area contributed by atoms with Crippen molar-refractivity contribution in [3.63, 3.8) is 0 Å². The topological polar surface area (TPSA) is 42.0 Å². The van der Waals surface area contributed by atoms with E-state index in [1.165, 1.54) is 0 Å². The first-order valence-electron chi connectivity index (χ1n) is 6.05. The Morgan fingerprint density at radius 3 is 2.47 bits per heavy atom. The number of amides is 1. The molecule has 2 aromatic rings. The van der Waals surface area contributed by atoms with Crippen LogP contribution in [0.1, 0.15) is 34.6 Å². The number of pyridine rings is 1. The van der Waals surface area contributed by atoms with Crippen molar-refractivity contribution in [3.8, 4) is 0 Å². The summed E-state index contributed by atoms with van der Waals surface area (Å²) >= 11 is 3.39. The van der Waals surface area contributed by atoms with Gasteiger partial charge in [-0.05, 0) is 43.7 Å². The van der Waals surface area contributed by atoms with E-state index >= 15 is 0 Å². The molecule has 1 amide bonds. The van der Waals surface area contributed by atoms with Gasteiger partial charge in [0, 0.05) is 16.4 Å². The van der Waals surface area contributed by atoms with Gasteiger partial charge in [-0.3, -0.25) is 9.78 Å². The molecule has 0 saturated carbocycles. The van der Waals surface area contributed by atoms with Crippen molar-refractivity contribution >= 4 is 21.8 Å². The third kappa shape index (κ3) is 3.64. The summed E-state index contributed by atoms with van der Waals surface area (Å²) in [7, 11) is 0. The number of hydrogen-bond donors (Lipinski definition) is 1. The van der Waals surface area contributed by atoms with Crippen LogP contribution in [0.15, 0.2) is 47.1 Å². The van der Waals surface area contributed by atoms with Gasteiger partial charge in [0.15, 0.2) is 0 Å². The molecular weight excluding hydrogens is 304 g/mol. The molecule has 0 fully saturated rings. The molecule has 0 aliphatic rings. The van der Waals surface area contributed by atoms with Crippen molar-refractivity contribution in [2.24, 2.45) is 0 Å². The molecule has 2 rings (SSSR count). The number of halogens is 1. The first kappa shape index (κ1) is 13.7. The Bertz CT molecular complexity index is 564. The summed E-state index contributed by atoms with van der Waals surface area (Å²) in [5.74, 6) is -0.108. The number of carbonyl (C=O) groups excluding carboxylic acids is 1. The second kappa shape index (κ2) is 5.97. The molecule has 98 valence electrons. The maximum absolute atomic E-state index is 12.0. The fourth-order valence-corrected chi connectivity index (χ4v) is 1.98. The summed E-state index contributed by atoms with van der Waals surface area (Å²) < 4.78 is 1.03. The highest BCUT2D eigenvalue weighted by Crippen LogP contribution is 2.16. The van der Waals surface area contributed by atoms with Gasteiger partial charge >= 0.3 is 0 Å². The zero-order valence-electron chi connectivity index (χ0n) is 10.9. The predicted octanol–water partition coefficient (Wildman–Crippen LogP) is 3.64. The molecule has 1 aromatic carbocycles. The average Bonchev–Trinajstić information content (AvgIpc) is 2.40. The lowest BCUT2D eigenvalue weighted by molar-refractivity contribution is 0.0939. The Balaban J connectivity index is 2.06. The van der Waals surface area contributed by atoms with Gasteiger partial charge in [0.1, 0.15) is 0 Å². The molecule has 19 heavy (non-hydrogen) atoms. The summed E-state index contributed by atoms with van der Waals surface area (Å²) in [5, 5.41) is 2.96. The van der Waals surface area contributed by atoms with Gasteiger partial charge in [-0.25, -0.2) is 0 Å². The van der Waals surface area contributed by atoms with Crippen molar-refractivity contribution in [1.82, 2.24) is 10.3 Å². The lowest BCUT2D eigenvalue weighted by Crippen LogP contribution is -2.26. The van der Waals surface area contributed by atoms with Crippen LogP contribution in [0.25, 0.3) is 0 Å². The summed E-state index contributed by atoms with van der Waals surface area (Å²) in [5.41, 5.74) is 2.55. The number of hydrogen-bond acceptors (Lipinski definition) is 2. The van der Waals surface area contributed by atoms with Crippen LogP contribution in [0.4, 0.5) is 0 Å². The van der Waals surface area contributed by atoms with Crippen molar-refractivity contribution in [1.29, 1.82) is 0 Å². The lowest BCUT2D eigenvalue weighted by Gasteiger charge is -2.14. The highest BCUT2D eigenvalue weighted by atomic mass is 79.9. The van der Waals surface area contributed by atoms with Gasteiger partial charge in [0.2, 0.25) is 0 Å². The predicted molar refractivity (Wildman–Crippen MR) is 79.0 cm³/mol. The van der Waals surface area contributed by atoms with E-state index in [0.717, 1.165) is 15.7 Å². The largest absolute Gasteiger partial charge is 0.345 e. The van der Waals surface area contributed by atoms with E-state index < -0.39 is 0 Å². The SMILES string of the molecule is Cc1ccc(C(=O)NC(C)c2ccc(Br)cc2)cn1. The smallest absolute Gasteiger partial charge is 0.253 e. The van der Waals surface area contributed by atoms with Crippen LogP contribution < -0.4 is 5.32 Å². The maximum Gasteiger partial charge on any atom is 0.253 e. The fraction of sp³-hybridized carbons (Fsp3) is 0.200. The standard InChI is InChI=1S/C15H15BrN2O/c1-10-3-4-13(9-17-10)15(19)18-11(2)12-5-7-14(16)8-6-12/h3-9,11H,1-2H3,(H,18,19). The van der Waals surface area contributed by atoms with Gasteiger partial charge in [-0.1, -0.05) is 28.1 Å². The summed E-state index contributed by atoms with van der Waals surface area (Å²) in [6, 6.07) is 11.5. The molecule has 1 N–H and O–H groups in total. The Hall–Kier alpha value is -1.68. The molecule has 0 radical (unpaired) electrons. The van der Waals surface area contributed by atoms with Gasteiger partial charge in [0.05, 0.1) is 11.6 Å². The van der Waals surface area contributed by atoms with Crippen LogP contribution in [0.5, 0.6) is 0 Å². The van der Waals surface area contributed by atoms with E-state index in [2.05, 4.69) is 26.2 Å². The molecule has 1 atom stereocenters. The van der Waals surface area contributed by atoms with E-state index in [-0.39, 0.29) is 11.9 Å². The van der Waals surface area contributed by atoms with Crippen LogP contribution in [0.3, 0.4) is 0 Å². The number of nitrogens with zero attached hydrogens (tertiary/aromatic N) is 1. The second-order valence-electron chi connectivity index (χ2n) is 4.43. The van der Waals surface area contributed by atoms with Crippen LogP contribution in [0.2, 0.25) is 0 Å². The number of benzene rings is 1. The van der Waals surface area contributed by atoms with Crippen LogP contribution in [0, 0.1) is 6.92 Å². The molecular formula is C15H15BrN2O. The molecule has 0 saturated heterocycles. The van der Waals surface area contributed by atoms with Crippen LogP contribution in [-0.4, -0.2) is 10.9 Å². The minimum Gasteiger partial charge on any atom is -0.345 e. The summed E-state index contributed by atoms with van der Waals surface area (Å²) in [4.78, 5) is 16.2. The number of rotatable bonds is 3. The Morgan fingerprint density at radius 2 is 1.89 bits per heavy atom. The summed E-state index contributed by atoms with van der Waals surface area (Å²) in [6.45, 7) is 3.86. The highest BCUT2D eigenvalue weighted by Gasteiger charge is 2.11. The molecule has 3 nitrogen and oxygen atoms in total. The van der Waals surface area contributed by atoms with Crippen molar-refractivity contribution in [3.05, 3.63) is 63.9 Å². The van der Waals surface area contributed by atoms with E-state index in [1.54, 1.807) is 12.3 Å². The zero-order valence-corrected chi connectivity index (χ0v) is 12.4. The second-order valence-corrected chi connectivity index (χ2v) is 5.35. The van der Waals surface area contributed by atoms with Crippen LogP contribution in [-0.2, 0) is 0 Å². The maximum atomic E-state index is 12.0. The Kier molecular flexibility index (Phi) is 4.32. The van der Waals surface area contributed by atoms with Gasteiger partial charge < -0.3 is 5.32 Å². The van der Waals surface area contributed by atoms with Gasteiger partial charge in [-0.2, -0.15) is 0 Å². The third-order valence-corrected chi connectivity index (χ3v) is 3.42.